The molecular formula is C5H7N3S. The molecule has 0 fully saturated rings. The van der Waals surface area contributed by atoms with E-state index >= 15 is 0 Å². The molecule has 0 radical (unpaired) electrons. The quantitative estimate of drug-likeness (QED) is 0.412. The lowest BCUT2D eigenvalue weighted by Gasteiger charge is -1.94. The Morgan fingerprint density at radius 2 is 2.22 bits per heavy atom. The lowest BCUT2D eigenvalue weighted by atomic mass is 10.5. The van der Waals surface area contributed by atoms with Crippen molar-refractivity contribution >= 4 is 18.4 Å². The van der Waals surface area contributed by atoms with Gasteiger partial charge in [-0.15, -0.1) is 12.6 Å². The molecule has 1 aromatic heterocycles. The second kappa shape index (κ2) is 2.23. The van der Waals surface area contributed by atoms with Crippen LogP contribution in [-0.2, 0) is 0 Å². The molecule has 2 N–H and O–H groups in total. The average Bonchev–Trinajstić information content (AvgIpc) is 1.59. The average molecular weight is 141 g/mol. The Morgan fingerprint density at radius 1 is 1.56 bits per heavy atom. The Kier molecular flexibility index (Phi) is 1.57. The SMILES string of the molecule is Cc1nc(N)cc(S)n1. The van der Waals surface area contributed by atoms with Crippen molar-refractivity contribution in [2.24, 2.45) is 0 Å². The third-order valence-corrected chi connectivity index (χ3v) is 1.07. The third-order valence-electron chi connectivity index (χ3n) is 0.844. The number of nitrogen functional groups attached to an aromatic ring is 1. The smallest absolute Gasteiger partial charge is 0.128 e. The van der Waals surface area contributed by atoms with Crippen LogP contribution in [0.3, 0.4) is 0 Å². The molecular weight excluding hydrogens is 134 g/mol. The van der Waals surface area contributed by atoms with Crippen LogP contribution in [0.4, 0.5) is 5.82 Å². The lowest BCUT2D eigenvalue weighted by molar-refractivity contribution is 0.979. The number of hydrogen-bond acceptors (Lipinski definition) is 4. The standard InChI is InChI=1S/C5H7N3S/c1-3-7-4(6)2-5(9)8-3/h2H,1H3,(H3,6,7,8,9). The predicted molar refractivity (Wildman–Crippen MR) is 38.4 cm³/mol. The van der Waals surface area contributed by atoms with Gasteiger partial charge in [-0.05, 0) is 6.92 Å². The molecule has 0 aliphatic rings. The predicted octanol–water partition coefficient (Wildman–Crippen LogP) is 0.656. The van der Waals surface area contributed by atoms with Crippen LogP contribution in [0.15, 0.2) is 11.1 Å². The highest BCUT2D eigenvalue weighted by Gasteiger charge is 1.91. The van der Waals surface area contributed by atoms with Crippen LogP contribution in [0.1, 0.15) is 5.82 Å². The van der Waals surface area contributed by atoms with E-state index in [-0.39, 0.29) is 0 Å². The molecule has 3 nitrogen and oxygen atoms in total. The zero-order valence-corrected chi connectivity index (χ0v) is 5.89. The van der Waals surface area contributed by atoms with E-state index in [9.17, 15) is 0 Å². The van der Waals surface area contributed by atoms with Crippen molar-refractivity contribution < 1.29 is 0 Å². The van der Waals surface area contributed by atoms with E-state index in [2.05, 4.69) is 22.6 Å². The van der Waals surface area contributed by atoms with Gasteiger partial charge < -0.3 is 5.73 Å². The van der Waals surface area contributed by atoms with E-state index < -0.39 is 0 Å². The highest BCUT2D eigenvalue weighted by Crippen LogP contribution is 2.04. The number of rotatable bonds is 0. The van der Waals surface area contributed by atoms with Crippen molar-refractivity contribution in [3.05, 3.63) is 11.9 Å². The molecule has 1 rings (SSSR count). The Bertz CT molecular complexity index is 173. The molecule has 0 spiro atoms. The van der Waals surface area contributed by atoms with Crippen LogP contribution < -0.4 is 5.73 Å². The van der Waals surface area contributed by atoms with Crippen LogP contribution in [-0.4, -0.2) is 9.97 Å². The van der Waals surface area contributed by atoms with Crippen molar-refractivity contribution in [3.8, 4) is 0 Å². The first kappa shape index (κ1) is 6.35. The van der Waals surface area contributed by atoms with Gasteiger partial charge in [0.1, 0.15) is 11.6 Å². The van der Waals surface area contributed by atoms with Crippen LogP contribution in [0, 0.1) is 6.92 Å². The van der Waals surface area contributed by atoms with Crippen molar-refractivity contribution in [2.75, 3.05) is 5.73 Å². The van der Waals surface area contributed by atoms with Crippen LogP contribution in [0.5, 0.6) is 0 Å². The summed E-state index contributed by atoms with van der Waals surface area (Å²) < 4.78 is 0. The number of aromatic nitrogens is 2. The molecule has 0 saturated carbocycles. The minimum absolute atomic E-state index is 0.465. The third kappa shape index (κ3) is 1.57. The van der Waals surface area contributed by atoms with Gasteiger partial charge in [0, 0.05) is 6.07 Å². The van der Waals surface area contributed by atoms with Gasteiger partial charge >= 0.3 is 0 Å². The molecule has 0 atom stereocenters. The number of nitrogens with zero attached hydrogens (tertiary/aromatic N) is 2. The van der Waals surface area contributed by atoms with Gasteiger partial charge in [-0.3, -0.25) is 0 Å². The molecule has 0 amide bonds. The van der Waals surface area contributed by atoms with Crippen molar-refractivity contribution in [3.63, 3.8) is 0 Å². The summed E-state index contributed by atoms with van der Waals surface area (Å²) in [5.74, 6) is 1.12. The van der Waals surface area contributed by atoms with E-state index in [4.69, 9.17) is 5.73 Å². The summed E-state index contributed by atoms with van der Waals surface area (Å²) in [6, 6.07) is 1.61. The summed E-state index contributed by atoms with van der Waals surface area (Å²) in [6.45, 7) is 1.77. The highest BCUT2D eigenvalue weighted by molar-refractivity contribution is 7.80. The minimum atomic E-state index is 0.465. The molecule has 0 saturated heterocycles. The van der Waals surface area contributed by atoms with Gasteiger partial charge in [0.15, 0.2) is 0 Å². The highest BCUT2D eigenvalue weighted by atomic mass is 32.1. The van der Waals surface area contributed by atoms with E-state index in [0.29, 0.717) is 16.7 Å². The Hall–Kier alpha value is -0.770. The topological polar surface area (TPSA) is 51.8 Å². The van der Waals surface area contributed by atoms with Gasteiger partial charge in [0.05, 0.1) is 5.03 Å². The van der Waals surface area contributed by atoms with Crippen molar-refractivity contribution in [1.82, 2.24) is 9.97 Å². The summed E-state index contributed by atoms with van der Waals surface area (Å²) in [7, 11) is 0. The number of thiol groups is 1. The van der Waals surface area contributed by atoms with Gasteiger partial charge in [-0.25, -0.2) is 9.97 Å². The summed E-state index contributed by atoms with van der Waals surface area (Å²) in [6.07, 6.45) is 0. The lowest BCUT2D eigenvalue weighted by Crippen LogP contribution is -1.94. The molecule has 48 valence electrons. The maximum absolute atomic E-state index is 5.36. The fourth-order valence-electron chi connectivity index (χ4n) is 0.574. The van der Waals surface area contributed by atoms with Crippen molar-refractivity contribution in [1.29, 1.82) is 0 Å². The second-order valence-corrected chi connectivity index (χ2v) is 2.16. The summed E-state index contributed by atoms with van der Waals surface area (Å²) in [5.41, 5.74) is 5.36. The van der Waals surface area contributed by atoms with Crippen LogP contribution in [0.2, 0.25) is 0 Å². The van der Waals surface area contributed by atoms with E-state index in [1.54, 1.807) is 13.0 Å². The van der Waals surface area contributed by atoms with Gasteiger partial charge in [-0.1, -0.05) is 0 Å². The Balaban J connectivity index is 3.17. The molecule has 9 heavy (non-hydrogen) atoms. The van der Waals surface area contributed by atoms with Crippen molar-refractivity contribution in [2.45, 2.75) is 11.9 Å². The van der Waals surface area contributed by atoms with E-state index in [0.717, 1.165) is 0 Å². The zero-order valence-electron chi connectivity index (χ0n) is 5.00. The molecule has 0 aliphatic carbocycles. The summed E-state index contributed by atoms with van der Waals surface area (Å²) in [4.78, 5) is 7.76. The minimum Gasteiger partial charge on any atom is -0.384 e. The summed E-state index contributed by atoms with van der Waals surface area (Å²) >= 11 is 3.99. The Morgan fingerprint density at radius 3 is 2.67 bits per heavy atom. The van der Waals surface area contributed by atoms with Gasteiger partial charge in [0.2, 0.25) is 0 Å². The molecule has 0 aromatic carbocycles. The fourth-order valence-corrected chi connectivity index (χ4v) is 0.851. The summed E-state index contributed by atoms with van der Waals surface area (Å²) in [5, 5.41) is 0.611. The van der Waals surface area contributed by atoms with E-state index in [1.165, 1.54) is 0 Å². The molecule has 0 aliphatic heterocycles. The Labute approximate surface area is 58.7 Å². The maximum Gasteiger partial charge on any atom is 0.128 e. The van der Waals surface area contributed by atoms with E-state index in [1.807, 2.05) is 0 Å². The first-order valence-electron chi connectivity index (χ1n) is 2.48. The molecule has 0 bridgehead atoms. The monoisotopic (exact) mass is 141 g/mol. The fraction of sp³-hybridized carbons (Fsp3) is 0.200. The number of nitrogens with two attached hydrogens (primary N) is 1. The van der Waals surface area contributed by atoms with Gasteiger partial charge in [0.25, 0.3) is 0 Å². The largest absolute Gasteiger partial charge is 0.384 e. The second-order valence-electron chi connectivity index (χ2n) is 1.70. The molecule has 0 unspecified atom stereocenters. The van der Waals surface area contributed by atoms with Crippen LogP contribution >= 0.6 is 12.6 Å². The normalized spacial score (nSPS) is 9.56. The molecule has 1 heterocycles. The first-order chi connectivity index (χ1) is 4.18. The number of anilines is 1. The number of hydrogen-bond donors (Lipinski definition) is 2. The zero-order chi connectivity index (χ0) is 6.85. The molecule has 1 aromatic rings. The molecule has 4 heteroatoms. The first-order valence-corrected chi connectivity index (χ1v) is 2.93. The van der Waals surface area contributed by atoms with Crippen LogP contribution in [0.25, 0.3) is 0 Å². The number of aryl methyl sites for hydroxylation is 1. The van der Waals surface area contributed by atoms with Gasteiger partial charge in [-0.2, -0.15) is 0 Å². The maximum atomic E-state index is 5.36.